The number of nitrogens with one attached hydrogen (secondary N) is 1. The summed E-state index contributed by atoms with van der Waals surface area (Å²) in [6.45, 7) is 0.826. The lowest BCUT2D eigenvalue weighted by Gasteiger charge is -2.18. The molecule has 0 fully saturated rings. The Bertz CT molecular complexity index is 291. The Morgan fingerprint density at radius 1 is 1.18 bits per heavy atom. The van der Waals surface area contributed by atoms with E-state index < -0.39 is 36.4 Å². The van der Waals surface area contributed by atoms with Crippen molar-refractivity contribution in [2.24, 2.45) is 5.92 Å². The molecular weight excluding hydrogens is 230 g/mol. The fraction of sp³-hybridized carbons (Fsp3) is 0.700. The highest BCUT2D eigenvalue weighted by Crippen LogP contribution is 2.09. The highest BCUT2D eigenvalue weighted by atomic mass is 16.5. The smallest absolute Gasteiger partial charge is 0.328 e. The second-order valence-electron chi connectivity index (χ2n) is 3.46. The fourth-order valence-electron chi connectivity index (χ4n) is 1.25. The average molecular weight is 247 g/mol. The van der Waals surface area contributed by atoms with Crippen LogP contribution in [0, 0.1) is 5.92 Å². The molecule has 0 spiro atoms. The number of amides is 1. The first kappa shape index (κ1) is 15.4. The lowest BCUT2D eigenvalue weighted by Crippen LogP contribution is -2.44. The number of esters is 2. The van der Waals surface area contributed by atoms with Gasteiger partial charge in [0, 0.05) is 0 Å². The van der Waals surface area contributed by atoms with Crippen molar-refractivity contribution < 1.29 is 29.0 Å². The summed E-state index contributed by atoms with van der Waals surface area (Å²) in [6, 6.07) is -0.978. The number of rotatable bonds is 6. The molecule has 2 atom stereocenters. The van der Waals surface area contributed by atoms with Crippen LogP contribution in [0.1, 0.15) is 13.3 Å². The van der Waals surface area contributed by atoms with Crippen LogP contribution in [0.4, 0.5) is 0 Å². The van der Waals surface area contributed by atoms with E-state index in [4.69, 9.17) is 5.11 Å². The van der Waals surface area contributed by atoms with Crippen molar-refractivity contribution in [3.63, 3.8) is 0 Å². The maximum Gasteiger partial charge on any atom is 0.328 e. The second-order valence-corrected chi connectivity index (χ2v) is 3.46. The highest BCUT2D eigenvalue weighted by molar-refractivity contribution is 5.85. The number of carbonyl (C=O) groups excluding carboxylic acids is 3. The van der Waals surface area contributed by atoms with Crippen molar-refractivity contribution in [3.8, 4) is 0 Å². The molecule has 0 aromatic carbocycles. The van der Waals surface area contributed by atoms with Crippen LogP contribution >= 0.6 is 0 Å². The van der Waals surface area contributed by atoms with Gasteiger partial charge in [0.2, 0.25) is 5.91 Å². The predicted molar refractivity (Wildman–Crippen MR) is 56.8 cm³/mol. The van der Waals surface area contributed by atoms with Gasteiger partial charge in [0.05, 0.1) is 20.1 Å². The van der Waals surface area contributed by atoms with Gasteiger partial charge in [-0.05, 0) is 6.42 Å². The zero-order chi connectivity index (χ0) is 13.4. The highest BCUT2D eigenvalue weighted by Gasteiger charge is 2.26. The first-order chi connectivity index (χ1) is 7.96. The topological polar surface area (TPSA) is 102 Å². The molecule has 0 radical (unpaired) electrons. The zero-order valence-electron chi connectivity index (χ0n) is 10.1. The van der Waals surface area contributed by atoms with E-state index in [1.54, 1.807) is 6.92 Å². The minimum Gasteiger partial charge on any atom is -0.469 e. The van der Waals surface area contributed by atoms with E-state index in [0.717, 1.165) is 0 Å². The van der Waals surface area contributed by atoms with E-state index in [1.807, 2.05) is 0 Å². The van der Waals surface area contributed by atoms with Crippen LogP contribution in [0.3, 0.4) is 0 Å². The Hall–Kier alpha value is -1.63. The fourth-order valence-corrected chi connectivity index (χ4v) is 1.25. The van der Waals surface area contributed by atoms with E-state index in [2.05, 4.69) is 14.8 Å². The minimum absolute atomic E-state index is 0.0467. The van der Waals surface area contributed by atoms with Crippen LogP contribution in [0.5, 0.6) is 0 Å². The summed E-state index contributed by atoms with van der Waals surface area (Å²) in [5, 5.41) is 10.8. The second kappa shape index (κ2) is 7.61. The molecule has 0 bridgehead atoms. The number of hydrogen-bond acceptors (Lipinski definition) is 6. The van der Waals surface area contributed by atoms with Gasteiger partial charge < -0.3 is 19.9 Å². The standard InChI is InChI=1S/C10H17NO6/c1-6(9(14)16-2)4-7(10(15)17-3)11-8(13)5-12/h6-7,12H,4-5H2,1-3H3,(H,11,13)/t6-,7+/m0/s1. The van der Waals surface area contributed by atoms with Crippen molar-refractivity contribution >= 4 is 17.8 Å². The van der Waals surface area contributed by atoms with Gasteiger partial charge >= 0.3 is 11.9 Å². The molecule has 98 valence electrons. The van der Waals surface area contributed by atoms with Crippen LogP contribution in [0.25, 0.3) is 0 Å². The molecule has 7 nitrogen and oxygen atoms in total. The third-order valence-corrected chi connectivity index (χ3v) is 2.16. The van der Waals surface area contributed by atoms with E-state index in [1.165, 1.54) is 14.2 Å². The molecule has 0 heterocycles. The number of methoxy groups -OCH3 is 2. The van der Waals surface area contributed by atoms with E-state index in [0.29, 0.717) is 0 Å². The summed E-state index contributed by atoms with van der Waals surface area (Å²) in [6.07, 6.45) is 0.0467. The summed E-state index contributed by atoms with van der Waals surface area (Å²) in [7, 11) is 2.40. The van der Waals surface area contributed by atoms with Crippen LogP contribution < -0.4 is 5.32 Å². The van der Waals surface area contributed by atoms with Crippen molar-refractivity contribution in [2.75, 3.05) is 20.8 Å². The molecule has 0 aliphatic heterocycles. The largest absolute Gasteiger partial charge is 0.469 e. The third kappa shape index (κ3) is 5.30. The molecule has 17 heavy (non-hydrogen) atoms. The molecule has 0 aliphatic rings. The number of carbonyl (C=O) groups is 3. The zero-order valence-corrected chi connectivity index (χ0v) is 10.1. The monoisotopic (exact) mass is 247 g/mol. The molecular formula is C10H17NO6. The molecule has 0 rings (SSSR count). The Morgan fingerprint density at radius 2 is 1.71 bits per heavy atom. The predicted octanol–water partition coefficient (Wildman–Crippen LogP) is -1.16. The van der Waals surface area contributed by atoms with E-state index in [9.17, 15) is 14.4 Å². The van der Waals surface area contributed by atoms with Crippen LogP contribution in [0.15, 0.2) is 0 Å². The van der Waals surface area contributed by atoms with Crippen molar-refractivity contribution in [1.82, 2.24) is 5.32 Å². The van der Waals surface area contributed by atoms with Gasteiger partial charge in [0.25, 0.3) is 0 Å². The average Bonchev–Trinajstić information content (AvgIpc) is 2.35. The first-order valence-electron chi connectivity index (χ1n) is 5.02. The SMILES string of the molecule is COC(=O)[C@@H](C)C[C@@H](NC(=O)CO)C(=O)OC. The Morgan fingerprint density at radius 3 is 2.12 bits per heavy atom. The number of aliphatic hydroxyl groups is 1. The first-order valence-corrected chi connectivity index (χ1v) is 5.02. The Balaban J connectivity index is 4.54. The molecule has 0 saturated carbocycles. The lowest BCUT2D eigenvalue weighted by atomic mass is 10.0. The van der Waals surface area contributed by atoms with Gasteiger partial charge in [0.1, 0.15) is 12.6 Å². The molecule has 0 saturated heterocycles. The van der Waals surface area contributed by atoms with E-state index in [-0.39, 0.29) is 6.42 Å². The molecule has 1 amide bonds. The van der Waals surface area contributed by atoms with E-state index >= 15 is 0 Å². The van der Waals surface area contributed by atoms with Crippen molar-refractivity contribution in [1.29, 1.82) is 0 Å². The van der Waals surface area contributed by atoms with Gasteiger partial charge in [-0.25, -0.2) is 4.79 Å². The summed E-state index contributed by atoms with van der Waals surface area (Å²) in [5.41, 5.74) is 0. The van der Waals surface area contributed by atoms with Crippen LogP contribution in [-0.4, -0.2) is 49.8 Å². The number of hydrogen-bond donors (Lipinski definition) is 2. The maximum atomic E-state index is 11.3. The van der Waals surface area contributed by atoms with Gasteiger partial charge in [-0.15, -0.1) is 0 Å². The quantitative estimate of drug-likeness (QED) is 0.574. The summed E-state index contributed by atoms with van der Waals surface area (Å²) in [4.78, 5) is 33.5. The molecule has 7 heteroatoms. The molecule has 0 aromatic heterocycles. The number of aliphatic hydroxyl groups excluding tert-OH is 1. The normalized spacial score (nSPS) is 13.4. The Kier molecular flexibility index (Phi) is 6.88. The van der Waals surface area contributed by atoms with Gasteiger partial charge in [-0.3, -0.25) is 9.59 Å². The minimum atomic E-state index is -0.978. The Labute approximate surface area is 99.1 Å². The summed E-state index contributed by atoms with van der Waals surface area (Å²) < 4.78 is 8.99. The molecule has 2 N–H and O–H groups in total. The maximum absolute atomic E-state index is 11.3. The molecule has 0 aromatic rings. The van der Waals surface area contributed by atoms with Gasteiger partial charge in [0.15, 0.2) is 0 Å². The lowest BCUT2D eigenvalue weighted by molar-refractivity contribution is -0.149. The molecule has 0 aliphatic carbocycles. The van der Waals surface area contributed by atoms with Crippen LogP contribution in [0.2, 0.25) is 0 Å². The van der Waals surface area contributed by atoms with Crippen molar-refractivity contribution in [2.45, 2.75) is 19.4 Å². The van der Waals surface area contributed by atoms with Crippen molar-refractivity contribution in [3.05, 3.63) is 0 Å². The van der Waals surface area contributed by atoms with Crippen LogP contribution in [-0.2, 0) is 23.9 Å². The summed E-state index contributed by atoms with van der Waals surface area (Å²) in [5.74, 6) is -2.44. The summed E-state index contributed by atoms with van der Waals surface area (Å²) >= 11 is 0. The van der Waals surface area contributed by atoms with Gasteiger partial charge in [-0.1, -0.05) is 6.92 Å². The third-order valence-electron chi connectivity index (χ3n) is 2.16. The molecule has 0 unspecified atom stereocenters. The number of ether oxygens (including phenoxy) is 2. The van der Waals surface area contributed by atoms with Gasteiger partial charge in [-0.2, -0.15) is 0 Å².